The third-order valence-electron chi connectivity index (χ3n) is 6.08. The zero-order chi connectivity index (χ0) is 27.5. The molecule has 1 atom stereocenters. The monoisotopic (exact) mass is 599 g/mol. The number of anilines is 1. The number of carbonyl (C=O) groups is 2. The van der Waals surface area contributed by atoms with Crippen LogP contribution in [0.3, 0.4) is 0 Å². The predicted molar refractivity (Wildman–Crippen MR) is 155 cm³/mol. The zero-order valence-corrected chi connectivity index (χ0v) is 24.1. The number of hydrogen-bond acceptors (Lipinski definition) is 4. The molecular weight excluding hydrogens is 566 g/mol. The van der Waals surface area contributed by atoms with Gasteiger partial charge in [-0.2, -0.15) is 0 Å². The van der Waals surface area contributed by atoms with Gasteiger partial charge in [-0.25, -0.2) is 8.42 Å². The van der Waals surface area contributed by atoms with Crippen LogP contribution in [-0.4, -0.2) is 50.5 Å². The standard InChI is InChI=1S/C29H34BrN3O4S/c1-3-31-29(35)27(21-23-11-6-4-7-12-23)32(22-24-16-18-25(30)19-17-24)28(34)15-10-20-33(38(2,36)37)26-13-8-5-9-14-26/h4-9,11-14,16-19,27H,3,10,15,20-22H2,1-2H3,(H,31,35)/t27-/m0/s1. The van der Waals surface area contributed by atoms with Gasteiger partial charge in [0.15, 0.2) is 0 Å². The van der Waals surface area contributed by atoms with Crippen LogP contribution < -0.4 is 9.62 Å². The summed E-state index contributed by atoms with van der Waals surface area (Å²) in [6.45, 7) is 2.72. The van der Waals surface area contributed by atoms with Crippen LogP contribution in [0.1, 0.15) is 30.9 Å². The van der Waals surface area contributed by atoms with Crippen molar-refractivity contribution in [2.45, 2.75) is 38.8 Å². The second-order valence-corrected chi connectivity index (χ2v) is 11.8. The highest BCUT2D eigenvalue weighted by atomic mass is 79.9. The minimum atomic E-state index is -3.53. The van der Waals surface area contributed by atoms with Gasteiger partial charge in [0.1, 0.15) is 6.04 Å². The summed E-state index contributed by atoms with van der Waals surface area (Å²) in [4.78, 5) is 28.5. The van der Waals surface area contributed by atoms with Gasteiger partial charge in [0, 0.05) is 36.9 Å². The van der Waals surface area contributed by atoms with E-state index < -0.39 is 16.1 Å². The minimum absolute atomic E-state index is 0.0973. The van der Waals surface area contributed by atoms with Crippen LogP contribution in [0.5, 0.6) is 0 Å². The van der Waals surface area contributed by atoms with Crippen molar-refractivity contribution in [3.8, 4) is 0 Å². The Labute approximate surface area is 234 Å². The number of rotatable bonds is 13. The van der Waals surface area contributed by atoms with Crippen molar-refractivity contribution in [3.05, 3.63) is 101 Å². The highest BCUT2D eigenvalue weighted by molar-refractivity contribution is 9.10. The molecule has 0 radical (unpaired) electrons. The molecule has 0 fully saturated rings. The van der Waals surface area contributed by atoms with E-state index in [1.165, 1.54) is 4.31 Å². The first kappa shape index (κ1) is 29.4. The molecule has 38 heavy (non-hydrogen) atoms. The molecule has 2 amide bonds. The summed E-state index contributed by atoms with van der Waals surface area (Å²) in [5.74, 6) is -0.425. The summed E-state index contributed by atoms with van der Waals surface area (Å²) in [6.07, 6.45) is 1.94. The molecule has 3 rings (SSSR count). The maximum atomic E-state index is 13.7. The summed E-state index contributed by atoms with van der Waals surface area (Å²) in [6, 6.07) is 25.4. The fraction of sp³-hybridized carbons (Fsp3) is 0.310. The van der Waals surface area contributed by atoms with Crippen molar-refractivity contribution < 1.29 is 18.0 Å². The highest BCUT2D eigenvalue weighted by Gasteiger charge is 2.30. The predicted octanol–water partition coefficient (Wildman–Crippen LogP) is 4.77. The Hall–Kier alpha value is -3.17. The molecule has 0 aliphatic rings. The lowest BCUT2D eigenvalue weighted by molar-refractivity contribution is -0.141. The van der Waals surface area contributed by atoms with Gasteiger partial charge in [-0.15, -0.1) is 0 Å². The SMILES string of the molecule is CCNC(=O)[C@H](Cc1ccccc1)N(Cc1ccc(Br)cc1)C(=O)CCCN(c1ccccc1)S(C)(=O)=O. The van der Waals surface area contributed by atoms with E-state index in [0.29, 0.717) is 25.1 Å². The number of hydrogen-bond donors (Lipinski definition) is 1. The zero-order valence-electron chi connectivity index (χ0n) is 21.7. The number of para-hydroxylation sites is 1. The Morgan fingerprint density at radius 2 is 1.50 bits per heavy atom. The normalized spacial score (nSPS) is 12.0. The second kappa shape index (κ2) is 14.1. The number of likely N-dealkylation sites (N-methyl/N-ethyl adjacent to an activating group) is 1. The smallest absolute Gasteiger partial charge is 0.243 e. The molecule has 0 saturated heterocycles. The number of nitrogens with zero attached hydrogens (tertiary/aromatic N) is 2. The van der Waals surface area contributed by atoms with Gasteiger partial charge in [-0.1, -0.05) is 76.6 Å². The van der Waals surface area contributed by atoms with E-state index in [2.05, 4.69) is 21.2 Å². The molecule has 202 valence electrons. The number of carbonyl (C=O) groups excluding carboxylic acids is 2. The number of amides is 2. The fourth-order valence-corrected chi connectivity index (χ4v) is 5.46. The first-order valence-electron chi connectivity index (χ1n) is 12.6. The summed E-state index contributed by atoms with van der Waals surface area (Å²) < 4.78 is 27.1. The number of benzene rings is 3. The maximum Gasteiger partial charge on any atom is 0.243 e. The van der Waals surface area contributed by atoms with E-state index in [4.69, 9.17) is 0 Å². The van der Waals surface area contributed by atoms with Gasteiger partial charge < -0.3 is 10.2 Å². The number of nitrogens with one attached hydrogen (secondary N) is 1. The van der Waals surface area contributed by atoms with E-state index >= 15 is 0 Å². The van der Waals surface area contributed by atoms with E-state index in [-0.39, 0.29) is 31.3 Å². The van der Waals surface area contributed by atoms with Gasteiger partial charge in [0.05, 0.1) is 11.9 Å². The summed E-state index contributed by atoms with van der Waals surface area (Å²) in [5.41, 5.74) is 2.40. The maximum absolute atomic E-state index is 13.7. The second-order valence-electron chi connectivity index (χ2n) is 9.02. The molecule has 9 heteroatoms. The van der Waals surface area contributed by atoms with Crippen LogP contribution in [0.15, 0.2) is 89.4 Å². The Balaban J connectivity index is 1.84. The average Bonchev–Trinajstić information content (AvgIpc) is 2.90. The Kier molecular flexibility index (Phi) is 10.9. The fourth-order valence-electron chi connectivity index (χ4n) is 4.23. The van der Waals surface area contributed by atoms with E-state index in [1.807, 2.05) is 67.6 Å². The van der Waals surface area contributed by atoms with Crippen molar-refractivity contribution in [2.75, 3.05) is 23.7 Å². The van der Waals surface area contributed by atoms with Gasteiger partial charge in [-0.05, 0) is 48.7 Å². The van der Waals surface area contributed by atoms with Crippen LogP contribution in [0.2, 0.25) is 0 Å². The van der Waals surface area contributed by atoms with Gasteiger partial charge in [0.25, 0.3) is 0 Å². The highest BCUT2D eigenvalue weighted by Crippen LogP contribution is 2.20. The molecule has 0 heterocycles. The molecular formula is C29H34BrN3O4S. The number of halogens is 1. The molecule has 0 aliphatic carbocycles. The quantitative estimate of drug-likeness (QED) is 0.306. The molecule has 3 aromatic carbocycles. The molecule has 1 N–H and O–H groups in total. The van der Waals surface area contributed by atoms with Crippen molar-refractivity contribution in [1.82, 2.24) is 10.2 Å². The van der Waals surface area contributed by atoms with Crippen LogP contribution in [0.4, 0.5) is 5.69 Å². The van der Waals surface area contributed by atoms with Gasteiger partial charge in [-0.3, -0.25) is 13.9 Å². The Morgan fingerprint density at radius 1 is 0.895 bits per heavy atom. The van der Waals surface area contributed by atoms with Gasteiger partial charge in [0.2, 0.25) is 21.8 Å². The van der Waals surface area contributed by atoms with Crippen molar-refractivity contribution in [3.63, 3.8) is 0 Å². The molecule has 7 nitrogen and oxygen atoms in total. The molecule has 0 bridgehead atoms. The lowest BCUT2D eigenvalue weighted by Crippen LogP contribution is -2.50. The minimum Gasteiger partial charge on any atom is -0.355 e. The van der Waals surface area contributed by atoms with Crippen LogP contribution in [0.25, 0.3) is 0 Å². The third kappa shape index (κ3) is 8.70. The van der Waals surface area contributed by atoms with Crippen molar-refractivity contribution >= 4 is 43.5 Å². The molecule has 0 saturated carbocycles. The Morgan fingerprint density at radius 3 is 2.08 bits per heavy atom. The summed E-state index contributed by atoms with van der Waals surface area (Å²) in [5, 5.41) is 2.88. The summed E-state index contributed by atoms with van der Waals surface area (Å²) >= 11 is 3.44. The first-order valence-corrected chi connectivity index (χ1v) is 15.2. The van der Waals surface area contributed by atoms with Gasteiger partial charge >= 0.3 is 0 Å². The average molecular weight is 601 g/mol. The molecule has 3 aromatic rings. The van der Waals surface area contributed by atoms with Crippen molar-refractivity contribution in [2.24, 2.45) is 0 Å². The van der Waals surface area contributed by atoms with Crippen molar-refractivity contribution in [1.29, 1.82) is 0 Å². The van der Waals surface area contributed by atoms with Crippen LogP contribution in [-0.2, 0) is 32.6 Å². The topological polar surface area (TPSA) is 86.8 Å². The van der Waals surface area contributed by atoms with Crippen LogP contribution in [0, 0.1) is 0 Å². The third-order valence-corrected chi connectivity index (χ3v) is 7.81. The molecule has 0 spiro atoms. The summed E-state index contributed by atoms with van der Waals surface area (Å²) in [7, 11) is -3.53. The molecule has 0 aromatic heterocycles. The number of sulfonamides is 1. The largest absolute Gasteiger partial charge is 0.355 e. The molecule has 0 unspecified atom stereocenters. The van der Waals surface area contributed by atoms with E-state index in [9.17, 15) is 18.0 Å². The lowest BCUT2D eigenvalue weighted by Gasteiger charge is -2.32. The lowest BCUT2D eigenvalue weighted by atomic mass is 10.0. The van der Waals surface area contributed by atoms with Crippen LogP contribution >= 0.6 is 15.9 Å². The first-order chi connectivity index (χ1) is 18.2. The molecule has 0 aliphatic heterocycles. The van der Waals surface area contributed by atoms with E-state index in [1.54, 1.807) is 29.2 Å². The van der Waals surface area contributed by atoms with E-state index in [0.717, 1.165) is 21.9 Å². The Bertz CT molecular complexity index is 1290.